The number of nitrogens with zero attached hydrogens (tertiary/aromatic N) is 1. The van der Waals surface area contributed by atoms with Crippen LogP contribution in [0.15, 0.2) is 66.3 Å². The zero-order chi connectivity index (χ0) is 22.1. The number of amides is 1. The minimum absolute atomic E-state index is 0.0468. The van der Waals surface area contributed by atoms with Crippen LogP contribution in [0.25, 0.3) is 15.8 Å². The van der Waals surface area contributed by atoms with Crippen molar-refractivity contribution in [1.82, 2.24) is 10.3 Å². The highest BCUT2D eigenvalue weighted by atomic mass is 32.1. The third-order valence-electron chi connectivity index (χ3n) is 6.02. The molecule has 1 amide bonds. The Bertz CT molecular complexity index is 1180. The van der Waals surface area contributed by atoms with E-state index < -0.39 is 18.2 Å². The molecule has 6 nitrogen and oxygen atoms in total. The van der Waals surface area contributed by atoms with E-state index in [9.17, 15) is 9.90 Å². The lowest BCUT2D eigenvalue weighted by Gasteiger charge is -2.19. The molecular weight excluding hydrogens is 422 g/mol. The van der Waals surface area contributed by atoms with Gasteiger partial charge in [0.05, 0.1) is 16.3 Å². The van der Waals surface area contributed by atoms with Crippen LogP contribution in [-0.4, -0.2) is 35.4 Å². The van der Waals surface area contributed by atoms with Gasteiger partial charge >= 0.3 is 6.09 Å². The molecule has 7 heteroatoms. The third-order valence-corrected chi connectivity index (χ3v) is 7.13. The van der Waals surface area contributed by atoms with Crippen molar-refractivity contribution in [2.45, 2.75) is 30.9 Å². The number of nitrogens with two attached hydrogens (primary N) is 1. The topological polar surface area (TPSA) is 97.5 Å². The summed E-state index contributed by atoms with van der Waals surface area (Å²) in [5.74, 6) is 0.0468. The summed E-state index contributed by atoms with van der Waals surface area (Å²) < 4.78 is 6.54. The molecule has 0 aliphatic heterocycles. The van der Waals surface area contributed by atoms with E-state index >= 15 is 0 Å². The molecule has 3 atom stereocenters. The van der Waals surface area contributed by atoms with E-state index in [0.717, 1.165) is 23.1 Å². The van der Waals surface area contributed by atoms with Gasteiger partial charge < -0.3 is 20.9 Å². The van der Waals surface area contributed by atoms with Gasteiger partial charge in [-0.15, -0.1) is 11.3 Å². The smallest absolute Gasteiger partial charge is 0.407 e. The summed E-state index contributed by atoms with van der Waals surface area (Å²) in [4.78, 5) is 16.8. The molecular formula is C25H25N3O3S. The van der Waals surface area contributed by atoms with Gasteiger partial charge in [-0.1, -0.05) is 48.6 Å². The maximum absolute atomic E-state index is 12.4. The molecule has 4 N–H and O–H groups in total. The number of carbonyl (C=O) groups is 1. The molecule has 2 aliphatic carbocycles. The number of hydrogen-bond acceptors (Lipinski definition) is 6. The average molecular weight is 448 g/mol. The van der Waals surface area contributed by atoms with Crippen LogP contribution in [0.1, 0.15) is 41.0 Å². The SMILES string of the molecule is N[C@@H](CNC(=O)OCC1C2=CCCC=C2c2ccccc21)C(O)c1nc2ccccc2s1. The lowest BCUT2D eigenvalue weighted by molar-refractivity contribution is 0.128. The molecule has 0 radical (unpaired) electrons. The van der Waals surface area contributed by atoms with Gasteiger partial charge in [0.25, 0.3) is 0 Å². The summed E-state index contributed by atoms with van der Waals surface area (Å²) in [5, 5.41) is 13.8. The van der Waals surface area contributed by atoms with Crippen molar-refractivity contribution < 1.29 is 14.6 Å². The van der Waals surface area contributed by atoms with Gasteiger partial charge in [-0.3, -0.25) is 0 Å². The molecule has 0 fully saturated rings. The predicted octanol–water partition coefficient (Wildman–Crippen LogP) is 4.28. The lowest BCUT2D eigenvalue weighted by atomic mass is 9.93. The van der Waals surface area contributed by atoms with E-state index in [4.69, 9.17) is 10.5 Å². The average Bonchev–Trinajstić information content (AvgIpc) is 3.40. The number of benzene rings is 2. The molecule has 2 aromatic carbocycles. The normalized spacial score (nSPS) is 18.9. The van der Waals surface area contributed by atoms with E-state index in [1.165, 1.54) is 33.6 Å². The van der Waals surface area contributed by atoms with Gasteiger partial charge in [-0.2, -0.15) is 0 Å². The van der Waals surface area contributed by atoms with Crippen LogP contribution in [-0.2, 0) is 4.74 Å². The number of thiazole rings is 1. The van der Waals surface area contributed by atoms with Gasteiger partial charge in [0.1, 0.15) is 17.7 Å². The second-order valence-electron chi connectivity index (χ2n) is 8.10. The van der Waals surface area contributed by atoms with Gasteiger partial charge in [-0.25, -0.2) is 9.78 Å². The second kappa shape index (κ2) is 8.86. The quantitative estimate of drug-likeness (QED) is 0.524. The van der Waals surface area contributed by atoms with Crippen LogP contribution >= 0.6 is 11.3 Å². The number of allylic oxidation sites excluding steroid dienone is 3. The lowest BCUT2D eigenvalue weighted by Crippen LogP contribution is -2.41. The number of aliphatic hydroxyl groups is 1. The van der Waals surface area contributed by atoms with Crippen LogP contribution in [0.3, 0.4) is 0 Å². The van der Waals surface area contributed by atoms with Crippen LogP contribution in [0.2, 0.25) is 0 Å². The highest BCUT2D eigenvalue weighted by Crippen LogP contribution is 2.47. The number of carbonyl (C=O) groups excluding carboxylic acids is 1. The Hall–Kier alpha value is -3.00. The Kier molecular flexibility index (Phi) is 5.78. The summed E-state index contributed by atoms with van der Waals surface area (Å²) in [6.07, 6.45) is 5.07. The number of para-hydroxylation sites is 1. The molecule has 1 heterocycles. The minimum Gasteiger partial charge on any atom is -0.449 e. The molecule has 32 heavy (non-hydrogen) atoms. The molecule has 2 aliphatic rings. The second-order valence-corrected chi connectivity index (χ2v) is 9.16. The number of alkyl carbamates (subject to hydrolysis) is 1. The molecule has 164 valence electrons. The Morgan fingerprint density at radius 2 is 1.97 bits per heavy atom. The molecule has 3 aromatic rings. The summed E-state index contributed by atoms with van der Waals surface area (Å²) in [5.41, 5.74) is 11.9. The zero-order valence-electron chi connectivity index (χ0n) is 17.5. The van der Waals surface area contributed by atoms with E-state index in [1.54, 1.807) is 0 Å². The molecule has 1 aromatic heterocycles. The zero-order valence-corrected chi connectivity index (χ0v) is 18.3. The molecule has 0 bridgehead atoms. The largest absolute Gasteiger partial charge is 0.449 e. The molecule has 0 spiro atoms. The highest BCUT2D eigenvalue weighted by molar-refractivity contribution is 7.18. The number of aromatic nitrogens is 1. The van der Waals surface area contributed by atoms with Crippen molar-refractivity contribution in [3.8, 4) is 0 Å². The van der Waals surface area contributed by atoms with E-state index in [2.05, 4.69) is 34.6 Å². The first-order chi connectivity index (χ1) is 15.6. The van der Waals surface area contributed by atoms with Gasteiger partial charge in [0.2, 0.25) is 0 Å². The monoisotopic (exact) mass is 447 g/mol. The number of aliphatic hydroxyl groups excluding tert-OH is 1. The van der Waals surface area contributed by atoms with Crippen molar-refractivity contribution in [2.75, 3.05) is 13.2 Å². The van der Waals surface area contributed by atoms with Crippen LogP contribution in [0.5, 0.6) is 0 Å². The Morgan fingerprint density at radius 1 is 1.19 bits per heavy atom. The molecule has 2 unspecified atom stereocenters. The van der Waals surface area contributed by atoms with Crippen LogP contribution in [0, 0.1) is 0 Å². The van der Waals surface area contributed by atoms with Crippen LogP contribution < -0.4 is 11.1 Å². The Labute approximate surface area is 190 Å². The minimum atomic E-state index is -0.963. The first-order valence-electron chi connectivity index (χ1n) is 10.8. The van der Waals surface area contributed by atoms with Crippen LogP contribution in [0.4, 0.5) is 4.79 Å². The summed E-state index contributed by atoms with van der Waals surface area (Å²) in [6.45, 7) is 0.354. The van der Waals surface area contributed by atoms with E-state index in [1.807, 2.05) is 36.4 Å². The number of nitrogens with one attached hydrogen (secondary N) is 1. The maximum atomic E-state index is 12.4. The summed E-state index contributed by atoms with van der Waals surface area (Å²) in [7, 11) is 0. The van der Waals surface area contributed by atoms with Crippen molar-refractivity contribution >= 4 is 33.2 Å². The summed E-state index contributed by atoms with van der Waals surface area (Å²) >= 11 is 1.40. The number of fused-ring (bicyclic) bond motifs is 4. The number of ether oxygens (including phenoxy) is 1. The molecule has 0 saturated carbocycles. The standard InChI is InChI=1S/C25H25N3O3S/c26-20(23(29)24-28-21-11-5-6-12-22(21)32-24)13-27-25(30)31-14-19-17-9-3-1-7-15(17)16-8-2-4-10-18(16)19/h1,3,5-12,19-20,23,29H,2,4,13-14,26H2,(H,27,30)/t19?,20-,23?/m0/s1. The molecule has 5 rings (SSSR count). The third kappa shape index (κ3) is 3.95. The van der Waals surface area contributed by atoms with Gasteiger partial charge in [0.15, 0.2) is 0 Å². The van der Waals surface area contributed by atoms with Crippen molar-refractivity contribution in [1.29, 1.82) is 0 Å². The Balaban J connectivity index is 1.17. The summed E-state index contributed by atoms with van der Waals surface area (Å²) in [6, 6.07) is 15.3. The first-order valence-corrected chi connectivity index (χ1v) is 11.6. The predicted molar refractivity (Wildman–Crippen MR) is 126 cm³/mol. The first kappa shape index (κ1) is 20.9. The number of hydrogen-bond donors (Lipinski definition) is 3. The Morgan fingerprint density at radius 3 is 2.84 bits per heavy atom. The maximum Gasteiger partial charge on any atom is 0.407 e. The van der Waals surface area contributed by atoms with Crippen molar-refractivity contribution in [3.05, 3.63) is 82.4 Å². The van der Waals surface area contributed by atoms with Crippen molar-refractivity contribution in [3.63, 3.8) is 0 Å². The van der Waals surface area contributed by atoms with Gasteiger partial charge in [-0.05, 0) is 47.2 Å². The fraction of sp³-hybridized carbons (Fsp3) is 0.280. The number of rotatable bonds is 6. The fourth-order valence-corrected chi connectivity index (χ4v) is 5.44. The van der Waals surface area contributed by atoms with E-state index in [0.29, 0.717) is 5.01 Å². The van der Waals surface area contributed by atoms with Crippen molar-refractivity contribution in [2.24, 2.45) is 5.73 Å². The molecule has 0 saturated heterocycles. The fourth-order valence-electron chi connectivity index (χ4n) is 4.41. The van der Waals surface area contributed by atoms with E-state index in [-0.39, 0.29) is 19.1 Å². The van der Waals surface area contributed by atoms with Gasteiger partial charge in [0, 0.05) is 12.5 Å². The highest BCUT2D eigenvalue weighted by Gasteiger charge is 2.33.